The highest BCUT2D eigenvalue weighted by Crippen LogP contribution is 2.28. The summed E-state index contributed by atoms with van der Waals surface area (Å²) in [5, 5.41) is 15.8. The zero-order valence-corrected chi connectivity index (χ0v) is 27.1. The molecule has 0 bridgehead atoms. The second-order valence-electron chi connectivity index (χ2n) is 11.5. The Morgan fingerprint density at radius 2 is 1.89 bits per heavy atom. The molecule has 1 aliphatic carbocycles. The van der Waals surface area contributed by atoms with Crippen LogP contribution in [-0.2, 0) is 29.1 Å². The maximum absolute atomic E-state index is 13.7. The number of amides is 1. The van der Waals surface area contributed by atoms with Gasteiger partial charge in [-0.3, -0.25) is 9.59 Å². The van der Waals surface area contributed by atoms with Crippen LogP contribution < -0.4 is 10.6 Å². The highest BCUT2D eigenvalue weighted by Gasteiger charge is 2.25. The molecule has 1 atom stereocenters. The van der Waals surface area contributed by atoms with E-state index in [0.29, 0.717) is 30.1 Å². The molecule has 0 radical (unpaired) electrons. The van der Waals surface area contributed by atoms with E-state index in [2.05, 4.69) is 51.9 Å². The van der Waals surface area contributed by atoms with Gasteiger partial charge in [-0.25, -0.2) is 9.79 Å². The first kappa shape index (κ1) is 33.7. The number of fused-ring (bicyclic) bond motifs is 1. The predicted octanol–water partition coefficient (Wildman–Crippen LogP) is 5.79. The molecule has 0 aromatic heterocycles. The highest BCUT2D eigenvalue weighted by atomic mass is 16.4. The molecule has 0 saturated heterocycles. The van der Waals surface area contributed by atoms with Crippen molar-refractivity contribution in [1.29, 1.82) is 0 Å². The van der Waals surface area contributed by atoms with Crippen LogP contribution in [0, 0.1) is 0 Å². The topological polar surface area (TPSA) is 114 Å². The van der Waals surface area contributed by atoms with Crippen molar-refractivity contribution in [3.8, 4) is 0 Å². The van der Waals surface area contributed by atoms with Gasteiger partial charge < -0.3 is 25.5 Å². The van der Waals surface area contributed by atoms with Gasteiger partial charge in [0.15, 0.2) is 5.78 Å². The van der Waals surface area contributed by atoms with Crippen molar-refractivity contribution in [2.24, 2.45) is 4.99 Å². The van der Waals surface area contributed by atoms with E-state index in [4.69, 9.17) is 0 Å². The van der Waals surface area contributed by atoms with E-state index in [1.807, 2.05) is 19.9 Å². The van der Waals surface area contributed by atoms with Crippen molar-refractivity contribution in [2.75, 3.05) is 13.6 Å². The molecule has 9 nitrogen and oxygen atoms in total. The largest absolute Gasteiger partial charge is 0.478 e. The SMILES string of the molecule is C=CN=C(C)N(C)/C(=C\C(=C)/C(=C/CC)NCc1ccc2c(c1)CN(C1=CC(=O)C1)CC2)C(=O)NC(C)c1ccc(C(=O)O)cc1. The first-order valence-electron chi connectivity index (χ1n) is 15.5. The smallest absolute Gasteiger partial charge is 0.335 e. The van der Waals surface area contributed by atoms with E-state index < -0.39 is 5.97 Å². The molecule has 0 spiro atoms. The molecule has 2 aliphatic rings. The Bertz CT molecular complexity index is 1650. The van der Waals surface area contributed by atoms with Crippen LogP contribution in [0.5, 0.6) is 0 Å². The van der Waals surface area contributed by atoms with E-state index in [1.54, 1.807) is 43.2 Å². The fourth-order valence-corrected chi connectivity index (χ4v) is 5.44. The van der Waals surface area contributed by atoms with Crippen LogP contribution in [0.1, 0.15) is 72.3 Å². The summed E-state index contributed by atoms with van der Waals surface area (Å²) in [6, 6.07) is 12.6. The molecule has 0 saturated carbocycles. The maximum atomic E-state index is 13.7. The van der Waals surface area contributed by atoms with Gasteiger partial charge >= 0.3 is 5.97 Å². The minimum Gasteiger partial charge on any atom is -0.478 e. The molecule has 1 unspecified atom stereocenters. The lowest BCUT2D eigenvalue weighted by Crippen LogP contribution is -2.36. The Kier molecular flexibility index (Phi) is 11.1. The molecule has 240 valence electrons. The van der Waals surface area contributed by atoms with Gasteiger partial charge in [-0.05, 0) is 72.7 Å². The Hall–Kier alpha value is -5.18. The Balaban J connectivity index is 1.51. The van der Waals surface area contributed by atoms with Crippen LogP contribution in [0.3, 0.4) is 0 Å². The number of carbonyl (C=O) groups excluding carboxylic acids is 2. The van der Waals surface area contributed by atoms with Gasteiger partial charge in [0.1, 0.15) is 11.5 Å². The summed E-state index contributed by atoms with van der Waals surface area (Å²) in [5.41, 5.74) is 7.60. The number of allylic oxidation sites excluding steroid dienone is 4. The lowest BCUT2D eigenvalue weighted by Gasteiger charge is -2.35. The number of ketones is 1. The molecule has 3 N–H and O–H groups in total. The van der Waals surface area contributed by atoms with Crippen molar-refractivity contribution in [3.05, 3.63) is 131 Å². The van der Waals surface area contributed by atoms with Gasteiger partial charge in [-0.15, -0.1) is 0 Å². The quantitative estimate of drug-likeness (QED) is 0.112. The number of rotatable bonds is 13. The minimum absolute atomic E-state index is 0.180. The Labute approximate surface area is 271 Å². The number of hydrogen-bond acceptors (Lipinski definition) is 6. The van der Waals surface area contributed by atoms with Gasteiger partial charge in [-0.2, -0.15) is 0 Å². The van der Waals surface area contributed by atoms with E-state index >= 15 is 0 Å². The third-order valence-corrected chi connectivity index (χ3v) is 8.28. The highest BCUT2D eigenvalue weighted by molar-refractivity contribution is 5.99. The molecule has 1 amide bonds. The summed E-state index contributed by atoms with van der Waals surface area (Å²) in [4.78, 5) is 44.7. The minimum atomic E-state index is -1.01. The number of carboxylic acid groups (broad SMARTS) is 1. The van der Waals surface area contributed by atoms with Crippen LogP contribution in [0.2, 0.25) is 0 Å². The molecule has 4 rings (SSSR count). The number of benzene rings is 2. The number of carbonyl (C=O) groups is 3. The second kappa shape index (κ2) is 15.2. The molecule has 2 aromatic carbocycles. The summed E-state index contributed by atoms with van der Waals surface area (Å²) in [7, 11) is 1.76. The lowest BCUT2D eigenvalue weighted by molar-refractivity contribution is -0.119. The third kappa shape index (κ3) is 8.29. The molecular formula is C37H43N5O4. The summed E-state index contributed by atoms with van der Waals surface area (Å²) >= 11 is 0. The number of nitrogens with zero attached hydrogens (tertiary/aromatic N) is 3. The summed E-state index contributed by atoms with van der Waals surface area (Å²) in [5.74, 6) is -0.578. The van der Waals surface area contributed by atoms with Crippen LogP contribution in [0.4, 0.5) is 0 Å². The normalized spacial score (nSPS) is 15.7. The van der Waals surface area contributed by atoms with Crippen LogP contribution in [0.25, 0.3) is 0 Å². The van der Waals surface area contributed by atoms with Crippen molar-refractivity contribution < 1.29 is 19.5 Å². The van der Waals surface area contributed by atoms with Crippen LogP contribution in [0.15, 0.2) is 108 Å². The number of aromatic carboxylic acids is 1. The third-order valence-electron chi connectivity index (χ3n) is 8.28. The monoisotopic (exact) mass is 621 g/mol. The van der Waals surface area contributed by atoms with Gasteiger partial charge in [0, 0.05) is 50.4 Å². The van der Waals surface area contributed by atoms with Gasteiger partial charge in [0.05, 0.1) is 18.0 Å². The zero-order chi connectivity index (χ0) is 33.4. The molecule has 2 aromatic rings. The molecule has 9 heteroatoms. The Morgan fingerprint density at radius 3 is 2.52 bits per heavy atom. The van der Waals surface area contributed by atoms with E-state index in [1.165, 1.54) is 29.5 Å². The van der Waals surface area contributed by atoms with Crippen molar-refractivity contribution in [3.63, 3.8) is 0 Å². The molecule has 46 heavy (non-hydrogen) atoms. The number of carboxylic acids is 1. The summed E-state index contributed by atoms with van der Waals surface area (Å²) in [6.45, 7) is 16.0. The van der Waals surface area contributed by atoms with Crippen LogP contribution in [-0.4, -0.2) is 52.0 Å². The predicted molar refractivity (Wildman–Crippen MR) is 182 cm³/mol. The molecular weight excluding hydrogens is 578 g/mol. The maximum Gasteiger partial charge on any atom is 0.335 e. The fraction of sp³-hybridized carbons (Fsp3) is 0.297. The zero-order valence-electron chi connectivity index (χ0n) is 27.1. The molecule has 1 heterocycles. The fourth-order valence-electron chi connectivity index (χ4n) is 5.44. The van der Waals surface area contributed by atoms with E-state index in [0.717, 1.165) is 48.5 Å². The van der Waals surface area contributed by atoms with Crippen molar-refractivity contribution in [2.45, 2.75) is 59.2 Å². The molecule has 1 aliphatic heterocycles. The number of hydrogen-bond donors (Lipinski definition) is 3. The van der Waals surface area contributed by atoms with Gasteiger partial charge in [0.2, 0.25) is 0 Å². The first-order chi connectivity index (χ1) is 22.0. The second-order valence-corrected chi connectivity index (χ2v) is 11.5. The average Bonchev–Trinajstić information content (AvgIpc) is 3.03. The van der Waals surface area contributed by atoms with Crippen molar-refractivity contribution in [1.82, 2.24) is 20.4 Å². The van der Waals surface area contributed by atoms with Gasteiger partial charge in [-0.1, -0.05) is 56.5 Å². The van der Waals surface area contributed by atoms with E-state index in [-0.39, 0.29) is 23.3 Å². The van der Waals surface area contributed by atoms with Gasteiger partial charge in [0.25, 0.3) is 5.91 Å². The van der Waals surface area contributed by atoms with E-state index in [9.17, 15) is 19.5 Å². The summed E-state index contributed by atoms with van der Waals surface area (Å²) in [6.07, 6.45) is 9.21. The Morgan fingerprint density at radius 1 is 1.17 bits per heavy atom. The van der Waals surface area contributed by atoms with Crippen molar-refractivity contribution >= 4 is 23.5 Å². The number of nitrogens with one attached hydrogen (secondary N) is 2. The molecule has 0 fully saturated rings. The number of likely N-dealkylation sites (N-methyl/N-ethyl adjacent to an activating group) is 1. The summed E-state index contributed by atoms with van der Waals surface area (Å²) < 4.78 is 0. The average molecular weight is 622 g/mol. The first-order valence-corrected chi connectivity index (χ1v) is 15.5. The lowest BCUT2D eigenvalue weighted by atomic mass is 9.94. The van der Waals surface area contributed by atoms with Crippen LogP contribution >= 0.6 is 0 Å². The number of aliphatic imine (C=N–C) groups is 1. The number of amidine groups is 1. The standard InChI is InChI=1S/C37H43N5O4/c1-7-9-34(39-22-27-10-11-29-16-17-42(23-31(29)19-27)32-20-33(43)21-32)24(3)18-35(41(6)26(5)38-8-2)36(44)40-25(4)28-12-14-30(15-13-28)37(45)46/h8-15,18-20,25,39H,2-3,7,16-17,21-23H2,1,4-6H3,(H,40,44)(H,45,46)/b34-9-,35-18-,38-26?.